The van der Waals surface area contributed by atoms with Crippen molar-refractivity contribution in [2.75, 3.05) is 32.8 Å². The zero-order chi connectivity index (χ0) is 28.2. The number of aliphatic hydroxyl groups is 1. The van der Waals surface area contributed by atoms with Crippen molar-refractivity contribution < 1.29 is 48.3 Å². The number of aliphatic carboxylic acids is 1. The molecule has 0 radical (unpaired) electrons. The smallest absolute Gasteiger partial charge is 0.481 e. The molecule has 216 valence electrons. The third kappa shape index (κ3) is 4.28. The predicted octanol–water partition coefficient (Wildman–Crippen LogP) is 1.78. The van der Waals surface area contributed by atoms with Gasteiger partial charge in [-0.25, -0.2) is 9.59 Å². The first kappa shape index (κ1) is 26.8. The summed E-state index contributed by atoms with van der Waals surface area (Å²) in [5, 5.41) is 23.5. The van der Waals surface area contributed by atoms with Crippen molar-refractivity contribution in [2.24, 2.45) is 11.8 Å². The van der Waals surface area contributed by atoms with Gasteiger partial charge in [0.15, 0.2) is 23.4 Å². The lowest BCUT2D eigenvalue weighted by atomic mass is 9.49. The number of carbonyl (C=O) groups excluding carboxylic acids is 3. The first-order valence-corrected chi connectivity index (χ1v) is 13.9. The zero-order valence-corrected chi connectivity index (χ0v) is 22.3. The van der Waals surface area contributed by atoms with Gasteiger partial charge in [0.1, 0.15) is 13.2 Å². The molecule has 1 spiro atoms. The molecule has 5 aliphatic rings. The van der Waals surface area contributed by atoms with Gasteiger partial charge >= 0.3 is 18.2 Å². The second-order valence-corrected chi connectivity index (χ2v) is 11.7. The van der Waals surface area contributed by atoms with Crippen LogP contribution in [-0.4, -0.2) is 89.7 Å². The van der Waals surface area contributed by atoms with Crippen LogP contribution in [0.2, 0.25) is 0 Å². The molecule has 1 unspecified atom stereocenters. The number of likely N-dealkylation sites (tertiary alicyclic amines) is 1. The summed E-state index contributed by atoms with van der Waals surface area (Å²) in [5.74, 6) is -0.859. The van der Waals surface area contributed by atoms with Crippen molar-refractivity contribution in [1.29, 1.82) is 0 Å². The predicted molar refractivity (Wildman–Crippen MR) is 136 cm³/mol. The molecule has 12 nitrogen and oxygen atoms in total. The Balaban J connectivity index is 1.14. The molecule has 3 aliphatic carbocycles. The van der Waals surface area contributed by atoms with Crippen LogP contribution < -0.4 is 14.8 Å². The van der Waals surface area contributed by atoms with Crippen LogP contribution in [0.15, 0.2) is 12.1 Å². The number of Topliss-reactive ketones (excluding diaryl/α,β-unsaturated/α-hetero) is 1. The second-order valence-electron chi connectivity index (χ2n) is 11.7. The van der Waals surface area contributed by atoms with Crippen LogP contribution in [0.1, 0.15) is 50.2 Å². The maximum atomic E-state index is 13.2. The Bertz CT molecular complexity index is 1250. The van der Waals surface area contributed by atoms with Crippen LogP contribution in [0.3, 0.4) is 0 Å². The highest BCUT2D eigenvalue weighted by atomic mass is 16.7. The number of carbonyl (C=O) groups is 4. The van der Waals surface area contributed by atoms with Crippen LogP contribution in [0.4, 0.5) is 9.59 Å². The maximum Gasteiger partial charge on any atom is 0.514 e. The molecule has 3 fully saturated rings. The molecule has 1 aromatic rings. The number of piperidine rings is 1. The minimum atomic E-state index is -1.11. The fourth-order valence-electron chi connectivity index (χ4n) is 7.06. The molecular formula is C28H34N2O10. The number of alkyl carbamates (subject to hydrolysis) is 1. The van der Waals surface area contributed by atoms with E-state index in [9.17, 15) is 24.3 Å². The summed E-state index contributed by atoms with van der Waals surface area (Å²) in [4.78, 5) is 50.5. The van der Waals surface area contributed by atoms with Crippen LogP contribution in [0.5, 0.6) is 11.5 Å². The largest absolute Gasteiger partial charge is 0.514 e. The van der Waals surface area contributed by atoms with Crippen LogP contribution in [0.25, 0.3) is 0 Å². The summed E-state index contributed by atoms with van der Waals surface area (Å²) < 4.78 is 21.6. The third-order valence-electron chi connectivity index (χ3n) is 9.21. The lowest BCUT2D eigenvalue weighted by Crippen LogP contribution is -2.76. The Hall–Kier alpha value is -3.38. The highest BCUT2D eigenvalue weighted by molar-refractivity contribution is 5.90. The fraction of sp³-hybridized carbons (Fsp3) is 0.643. The number of rotatable bonds is 9. The molecule has 1 saturated heterocycles. The zero-order valence-electron chi connectivity index (χ0n) is 22.3. The van der Waals surface area contributed by atoms with Crippen molar-refractivity contribution in [3.05, 3.63) is 23.3 Å². The molecule has 5 atom stereocenters. The van der Waals surface area contributed by atoms with Gasteiger partial charge in [-0.3, -0.25) is 14.5 Å². The number of carboxylic acid groups (broad SMARTS) is 1. The first-order valence-electron chi connectivity index (χ1n) is 13.9. The van der Waals surface area contributed by atoms with E-state index < -0.39 is 41.3 Å². The van der Waals surface area contributed by atoms with Crippen molar-refractivity contribution in [2.45, 2.75) is 68.6 Å². The van der Waals surface area contributed by atoms with Gasteiger partial charge in [-0.2, -0.15) is 0 Å². The summed E-state index contributed by atoms with van der Waals surface area (Å²) in [6, 6.07) is 3.43. The summed E-state index contributed by atoms with van der Waals surface area (Å²) in [7, 11) is 0. The molecule has 6 rings (SSSR count). The molecule has 2 saturated carbocycles. The molecular weight excluding hydrogens is 524 g/mol. The average molecular weight is 559 g/mol. The van der Waals surface area contributed by atoms with E-state index in [0.29, 0.717) is 30.9 Å². The minimum absolute atomic E-state index is 0.0487. The van der Waals surface area contributed by atoms with E-state index in [1.807, 2.05) is 6.07 Å². The van der Waals surface area contributed by atoms with Crippen LogP contribution in [0, 0.1) is 11.8 Å². The summed E-state index contributed by atoms with van der Waals surface area (Å²) >= 11 is 0. The molecule has 2 bridgehead atoms. The van der Waals surface area contributed by atoms with Crippen molar-refractivity contribution in [3.63, 3.8) is 0 Å². The van der Waals surface area contributed by atoms with Gasteiger partial charge in [-0.15, -0.1) is 0 Å². The van der Waals surface area contributed by atoms with Gasteiger partial charge < -0.3 is 34.5 Å². The Morgan fingerprint density at radius 1 is 1.23 bits per heavy atom. The van der Waals surface area contributed by atoms with Gasteiger partial charge in [0.05, 0.1) is 23.5 Å². The quantitative estimate of drug-likeness (QED) is 0.230. The van der Waals surface area contributed by atoms with Crippen LogP contribution in [-0.2, 0) is 30.9 Å². The van der Waals surface area contributed by atoms with Gasteiger partial charge in [0.25, 0.3) is 0 Å². The molecule has 2 aliphatic heterocycles. The van der Waals surface area contributed by atoms with E-state index in [4.69, 9.17) is 24.1 Å². The topological polar surface area (TPSA) is 161 Å². The number of hydrogen-bond acceptors (Lipinski definition) is 10. The standard InChI is InChI=1S/C28H34N2O10/c1-15(24(32)33)14-38-25(34)29-9-11-37-26(35)39-19-5-4-17-12-20-28(36)7-6-18(31)23-27(28,21(17)22(19)40-23)8-10-30(20)13-16-2-3-16/h4-5,15-16,20,23,36H,2-3,6-14H2,1H3,(H,29,34)(H,32,33)/t15?,20-,23+,27+,28-/m1/s1. The summed E-state index contributed by atoms with van der Waals surface area (Å²) in [6.45, 7) is 2.57. The molecule has 40 heavy (non-hydrogen) atoms. The maximum absolute atomic E-state index is 13.2. The van der Waals surface area contributed by atoms with E-state index in [0.717, 1.165) is 24.2 Å². The number of nitrogens with zero attached hydrogens (tertiary/aromatic N) is 1. The molecule has 1 aromatic carbocycles. The van der Waals surface area contributed by atoms with E-state index in [-0.39, 0.29) is 43.8 Å². The highest BCUT2D eigenvalue weighted by Crippen LogP contribution is 2.65. The molecule has 2 heterocycles. The molecule has 0 aromatic heterocycles. The molecule has 3 N–H and O–H groups in total. The first-order chi connectivity index (χ1) is 19.1. The summed E-state index contributed by atoms with van der Waals surface area (Å²) in [6.07, 6.45) is 1.61. The van der Waals surface area contributed by atoms with Gasteiger partial charge in [-0.1, -0.05) is 6.07 Å². The Labute approximate surface area is 230 Å². The van der Waals surface area contributed by atoms with Gasteiger partial charge in [0.2, 0.25) is 0 Å². The fourth-order valence-corrected chi connectivity index (χ4v) is 7.06. The van der Waals surface area contributed by atoms with Gasteiger partial charge in [0, 0.05) is 24.6 Å². The van der Waals surface area contributed by atoms with E-state index >= 15 is 0 Å². The number of nitrogens with one attached hydrogen (secondary N) is 1. The number of ketones is 1. The SMILES string of the molecule is CC(COC(=O)NCCOC(=O)Oc1ccc2c3c1O[C@H]1C(=O)CC[C@@]4(O)[C@@H](C2)N(CC2CC2)CC[C@]314)C(=O)O. The lowest BCUT2D eigenvalue weighted by Gasteiger charge is -2.62. The summed E-state index contributed by atoms with van der Waals surface area (Å²) in [5.41, 5.74) is -0.205. The normalized spacial score (nSPS) is 30.5. The number of benzene rings is 1. The third-order valence-corrected chi connectivity index (χ3v) is 9.21. The number of amides is 1. The Morgan fingerprint density at radius 3 is 2.77 bits per heavy atom. The van der Waals surface area contributed by atoms with Crippen molar-refractivity contribution >= 4 is 24.0 Å². The van der Waals surface area contributed by atoms with E-state index in [2.05, 4.69) is 10.2 Å². The number of carboxylic acids is 1. The monoisotopic (exact) mass is 558 g/mol. The Kier molecular flexibility index (Phi) is 6.65. The van der Waals surface area contributed by atoms with E-state index in [1.54, 1.807) is 6.07 Å². The highest BCUT2D eigenvalue weighted by Gasteiger charge is 2.73. The lowest BCUT2D eigenvalue weighted by molar-refractivity contribution is -0.188. The molecule has 12 heteroatoms. The van der Waals surface area contributed by atoms with Crippen molar-refractivity contribution in [1.82, 2.24) is 10.2 Å². The second kappa shape index (κ2) is 9.91. The minimum Gasteiger partial charge on any atom is -0.481 e. The van der Waals surface area contributed by atoms with E-state index in [1.165, 1.54) is 19.8 Å². The van der Waals surface area contributed by atoms with Crippen LogP contribution >= 0.6 is 0 Å². The number of ether oxygens (including phenoxy) is 4. The number of hydrogen-bond donors (Lipinski definition) is 3. The van der Waals surface area contributed by atoms with Gasteiger partial charge in [-0.05, 0) is 63.1 Å². The Morgan fingerprint density at radius 2 is 2.02 bits per heavy atom. The van der Waals surface area contributed by atoms with Crippen molar-refractivity contribution in [3.8, 4) is 11.5 Å². The molecule has 1 amide bonds. The average Bonchev–Trinajstić information content (AvgIpc) is 3.66.